The fraction of sp³-hybridized carbons (Fsp3) is 0.250. The molecule has 18 heavy (non-hydrogen) atoms. The molecule has 5 nitrogen and oxygen atoms in total. The van der Waals surface area contributed by atoms with Crippen LogP contribution in [-0.4, -0.2) is 23.0 Å². The minimum Gasteiger partial charge on any atom is -0.464 e. The van der Waals surface area contributed by atoms with Crippen LogP contribution in [0.3, 0.4) is 0 Å². The Morgan fingerprint density at radius 1 is 1.44 bits per heavy atom. The molecule has 1 aliphatic heterocycles. The Balaban J connectivity index is 2.27. The highest BCUT2D eigenvalue weighted by molar-refractivity contribution is 6.30. The molecule has 2 aromatic rings. The normalized spacial score (nSPS) is 13.7. The lowest BCUT2D eigenvalue weighted by Crippen LogP contribution is -2.04. The van der Waals surface area contributed by atoms with Crippen molar-refractivity contribution in [3.05, 3.63) is 34.2 Å². The lowest BCUT2D eigenvalue weighted by Gasteiger charge is -2.06. The van der Waals surface area contributed by atoms with E-state index in [4.69, 9.17) is 16.3 Å². The molecule has 0 aromatic carbocycles. The Labute approximate surface area is 108 Å². The first-order valence-corrected chi connectivity index (χ1v) is 5.71. The molecule has 0 unspecified atom stereocenters. The number of hydrogen-bond acceptors (Lipinski definition) is 5. The average Bonchev–Trinajstić information content (AvgIpc) is 2.88. The molecule has 6 heteroatoms. The Bertz CT molecular complexity index is 657. The number of esters is 1. The van der Waals surface area contributed by atoms with Crippen molar-refractivity contribution in [3.8, 4) is 0 Å². The maximum Gasteiger partial charge on any atom is 0.356 e. The first-order valence-electron chi connectivity index (χ1n) is 5.33. The van der Waals surface area contributed by atoms with Crippen molar-refractivity contribution in [3.63, 3.8) is 0 Å². The summed E-state index contributed by atoms with van der Waals surface area (Å²) in [6.07, 6.45) is 1.52. The highest BCUT2D eigenvalue weighted by Crippen LogP contribution is 2.32. The van der Waals surface area contributed by atoms with Crippen molar-refractivity contribution in [1.82, 2.24) is 9.97 Å². The van der Waals surface area contributed by atoms with E-state index in [0.717, 1.165) is 16.5 Å². The second-order valence-electron chi connectivity index (χ2n) is 3.93. The number of aromatic nitrogens is 2. The van der Waals surface area contributed by atoms with E-state index in [1.54, 1.807) is 6.07 Å². The van der Waals surface area contributed by atoms with Crippen molar-refractivity contribution in [2.45, 2.75) is 13.2 Å². The van der Waals surface area contributed by atoms with Crippen LogP contribution in [0.2, 0.25) is 5.15 Å². The molecule has 2 aromatic heterocycles. The summed E-state index contributed by atoms with van der Waals surface area (Å²) < 4.78 is 10.0. The van der Waals surface area contributed by atoms with Gasteiger partial charge in [0.2, 0.25) is 0 Å². The SMILES string of the molecule is COC(=O)c1cc2c3c(c(Cl)nc2cn1)COC3. The summed E-state index contributed by atoms with van der Waals surface area (Å²) in [5, 5.41) is 1.27. The monoisotopic (exact) mass is 264 g/mol. The van der Waals surface area contributed by atoms with Crippen LogP contribution in [0.25, 0.3) is 10.9 Å². The topological polar surface area (TPSA) is 61.3 Å². The number of nitrogens with zero attached hydrogens (tertiary/aromatic N) is 2. The van der Waals surface area contributed by atoms with Crippen LogP contribution >= 0.6 is 11.6 Å². The summed E-state index contributed by atoms with van der Waals surface area (Å²) in [5.41, 5.74) is 2.75. The number of halogens is 1. The van der Waals surface area contributed by atoms with Gasteiger partial charge in [-0.2, -0.15) is 0 Å². The molecule has 0 aliphatic carbocycles. The van der Waals surface area contributed by atoms with E-state index in [1.807, 2.05) is 0 Å². The fourth-order valence-electron chi connectivity index (χ4n) is 2.02. The third kappa shape index (κ3) is 1.63. The number of carbonyl (C=O) groups is 1. The highest BCUT2D eigenvalue weighted by Gasteiger charge is 2.20. The summed E-state index contributed by atoms with van der Waals surface area (Å²) in [4.78, 5) is 19.7. The molecule has 0 bridgehead atoms. The Morgan fingerprint density at radius 2 is 2.22 bits per heavy atom. The summed E-state index contributed by atoms with van der Waals surface area (Å²) in [7, 11) is 1.32. The number of carbonyl (C=O) groups excluding carboxylic acids is 1. The van der Waals surface area contributed by atoms with Crippen LogP contribution in [0.15, 0.2) is 12.3 Å². The van der Waals surface area contributed by atoms with Gasteiger partial charge in [0.05, 0.1) is 32.0 Å². The number of methoxy groups -OCH3 is 1. The molecule has 0 saturated carbocycles. The van der Waals surface area contributed by atoms with E-state index in [9.17, 15) is 4.79 Å². The fourth-order valence-corrected chi connectivity index (χ4v) is 2.28. The average molecular weight is 265 g/mol. The molecule has 0 spiro atoms. The second-order valence-corrected chi connectivity index (χ2v) is 4.29. The van der Waals surface area contributed by atoms with Crippen molar-refractivity contribution in [2.75, 3.05) is 7.11 Å². The van der Waals surface area contributed by atoms with E-state index in [-0.39, 0.29) is 5.69 Å². The van der Waals surface area contributed by atoms with Gasteiger partial charge in [0, 0.05) is 10.9 Å². The van der Waals surface area contributed by atoms with Crippen molar-refractivity contribution < 1.29 is 14.3 Å². The second kappa shape index (κ2) is 4.19. The van der Waals surface area contributed by atoms with Crippen molar-refractivity contribution in [2.24, 2.45) is 0 Å². The van der Waals surface area contributed by atoms with E-state index in [1.165, 1.54) is 13.3 Å². The van der Waals surface area contributed by atoms with Crippen LogP contribution in [0.5, 0.6) is 0 Å². The van der Waals surface area contributed by atoms with Gasteiger partial charge < -0.3 is 9.47 Å². The molecule has 0 N–H and O–H groups in total. The molecule has 0 amide bonds. The predicted octanol–water partition coefficient (Wildman–Crippen LogP) is 2.10. The molecular formula is C12H9ClN2O3. The zero-order chi connectivity index (χ0) is 12.7. The van der Waals surface area contributed by atoms with Crippen LogP contribution in [0.1, 0.15) is 21.6 Å². The van der Waals surface area contributed by atoms with Crippen molar-refractivity contribution in [1.29, 1.82) is 0 Å². The molecule has 92 valence electrons. The van der Waals surface area contributed by atoms with E-state index < -0.39 is 5.97 Å². The van der Waals surface area contributed by atoms with Gasteiger partial charge in [-0.1, -0.05) is 11.6 Å². The number of rotatable bonds is 1. The third-order valence-corrected chi connectivity index (χ3v) is 3.24. The zero-order valence-corrected chi connectivity index (χ0v) is 10.3. The smallest absolute Gasteiger partial charge is 0.356 e. The van der Waals surface area contributed by atoms with Gasteiger partial charge in [0.15, 0.2) is 0 Å². The molecule has 0 saturated heterocycles. The maximum atomic E-state index is 11.5. The van der Waals surface area contributed by atoms with E-state index in [0.29, 0.717) is 23.9 Å². The van der Waals surface area contributed by atoms with Crippen LogP contribution in [0.4, 0.5) is 0 Å². The predicted molar refractivity (Wildman–Crippen MR) is 64.4 cm³/mol. The van der Waals surface area contributed by atoms with Crippen LogP contribution < -0.4 is 0 Å². The summed E-state index contributed by atoms with van der Waals surface area (Å²) in [6.45, 7) is 0.922. The number of ether oxygens (including phenoxy) is 2. The molecule has 3 heterocycles. The van der Waals surface area contributed by atoms with Gasteiger partial charge in [0.25, 0.3) is 0 Å². The minimum atomic E-state index is -0.473. The van der Waals surface area contributed by atoms with Gasteiger partial charge in [-0.15, -0.1) is 0 Å². The van der Waals surface area contributed by atoms with E-state index >= 15 is 0 Å². The van der Waals surface area contributed by atoms with Gasteiger partial charge in [-0.25, -0.2) is 14.8 Å². The van der Waals surface area contributed by atoms with E-state index in [2.05, 4.69) is 14.7 Å². The molecule has 1 aliphatic rings. The van der Waals surface area contributed by atoms with Gasteiger partial charge in [-0.3, -0.25) is 0 Å². The van der Waals surface area contributed by atoms with Crippen LogP contribution in [0, 0.1) is 0 Å². The molecule has 0 fully saturated rings. The van der Waals surface area contributed by atoms with Gasteiger partial charge in [0.1, 0.15) is 10.8 Å². The molecule has 0 radical (unpaired) electrons. The number of pyridine rings is 2. The Kier molecular flexibility index (Phi) is 2.65. The Hall–Kier alpha value is -1.72. The lowest BCUT2D eigenvalue weighted by atomic mass is 10.1. The third-order valence-electron chi connectivity index (χ3n) is 2.93. The first kappa shape index (κ1) is 11.4. The van der Waals surface area contributed by atoms with Gasteiger partial charge in [-0.05, 0) is 11.6 Å². The maximum absolute atomic E-state index is 11.5. The molecular weight excluding hydrogens is 256 g/mol. The highest BCUT2D eigenvalue weighted by atomic mass is 35.5. The largest absolute Gasteiger partial charge is 0.464 e. The van der Waals surface area contributed by atoms with Crippen LogP contribution in [-0.2, 0) is 22.7 Å². The summed E-state index contributed by atoms with van der Waals surface area (Å²) >= 11 is 6.07. The van der Waals surface area contributed by atoms with Crippen molar-refractivity contribution >= 4 is 28.5 Å². The number of fused-ring (bicyclic) bond motifs is 3. The quantitative estimate of drug-likeness (QED) is 0.583. The lowest BCUT2D eigenvalue weighted by molar-refractivity contribution is 0.0594. The zero-order valence-electron chi connectivity index (χ0n) is 9.57. The number of hydrogen-bond donors (Lipinski definition) is 0. The van der Waals surface area contributed by atoms with Gasteiger partial charge >= 0.3 is 5.97 Å². The minimum absolute atomic E-state index is 0.253. The molecule has 0 atom stereocenters. The standard InChI is InChI=1S/C12H9ClN2O3/c1-17-12(16)9-2-6-7-4-18-5-8(7)11(13)15-10(6)3-14-9/h2-3H,4-5H2,1H3. The molecule has 3 rings (SSSR count). The first-order chi connectivity index (χ1) is 8.70. The summed E-state index contributed by atoms with van der Waals surface area (Å²) in [6, 6.07) is 1.66. The Morgan fingerprint density at radius 3 is 3.00 bits per heavy atom. The summed E-state index contributed by atoms with van der Waals surface area (Å²) in [5.74, 6) is -0.473.